The van der Waals surface area contributed by atoms with Crippen LogP contribution in [0, 0.1) is 5.92 Å². The number of amides is 2. The molecule has 0 aromatic carbocycles. The van der Waals surface area contributed by atoms with Crippen molar-refractivity contribution in [3.8, 4) is 0 Å². The molecule has 0 aromatic rings. The highest BCUT2D eigenvalue weighted by Gasteiger charge is 2.31. The van der Waals surface area contributed by atoms with Gasteiger partial charge in [-0.2, -0.15) is 0 Å². The average Bonchev–Trinajstić information content (AvgIpc) is 3.02. The molecule has 2 atom stereocenters. The number of allylic oxidation sites excluding steroid dienone is 1. The normalized spacial score (nSPS) is 22.6. The second-order valence-electron chi connectivity index (χ2n) is 7.50. The van der Waals surface area contributed by atoms with Crippen LogP contribution in [0.5, 0.6) is 0 Å². The minimum absolute atomic E-state index is 0.00330. The number of unbranched alkanes of at least 4 members (excludes halogenated alkanes) is 2. The molecule has 1 saturated carbocycles. The molecule has 0 radical (unpaired) electrons. The lowest BCUT2D eigenvalue weighted by atomic mass is 9.84. The van der Waals surface area contributed by atoms with Crippen LogP contribution in [0.1, 0.15) is 64.2 Å². The van der Waals surface area contributed by atoms with E-state index in [2.05, 4.69) is 10.1 Å². The van der Waals surface area contributed by atoms with Crippen LogP contribution < -0.4 is 5.32 Å². The molecule has 2 aliphatic rings. The van der Waals surface area contributed by atoms with Gasteiger partial charge in [-0.25, -0.2) is 9.59 Å². The molecule has 2 fully saturated rings. The van der Waals surface area contributed by atoms with Crippen LogP contribution in [-0.2, 0) is 9.53 Å². The third kappa shape index (κ3) is 6.63. The summed E-state index contributed by atoms with van der Waals surface area (Å²) in [7, 11) is 1.37. The van der Waals surface area contributed by atoms with E-state index >= 15 is 0 Å². The standard InChI is InChI=1S/C20H34N2O4/c1-26-19(24)12-8-3-2-7-11-17-15-21-20(25)22(17)14-13-18(23)16-9-5-4-6-10-16/h8,12,16-18,23H,2-7,9-11,13-15H2,1H3,(H,21,25)/b12-8+. The van der Waals surface area contributed by atoms with Gasteiger partial charge in [0.25, 0.3) is 0 Å². The molecule has 1 aliphatic heterocycles. The van der Waals surface area contributed by atoms with Crippen LogP contribution in [0.4, 0.5) is 4.79 Å². The van der Waals surface area contributed by atoms with Crippen LogP contribution in [0.25, 0.3) is 0 Å². The number of carbonyl (C=O) groups is 2. The molecule has 1 saturated heterocycles. The molecule has 26 heavy (non-hydrogen) atoms. The molecule has 6 nitrogen and oxygen atoms in total. The summed E-state index contributed by atoms with van der Waals surface area (Å²) in [5.74, 6) is 0.0905. The molecule has 1 aliphatic carbocycles. The summed E-state index contributed by atoms with van der Waals surface area (Å²) in [5.41, 5.74) is 0. The zero-order valence-electron chi connectivity index (χ0n) is 16.0. The lowest BCUT2D eigenvalue weighted by Gasteiger charge is -2.29. The number of aliphatic hydroxyl groups is 1. The molecule has 6 heteroatoms. The monoisotopic (exact) mass is 366 g/mol. The number of aliphatic hydroxyl groups excluding tert-OH is 1. The fourth-order valence-electron chi connectivity index (χ4n) is 4.04. The van der Waals surface area contributed by atoms with Crippen molar-refractivity contribution < 1.29 is 19.4 Å². The summed E-state index contributed by atoms with van der Waals surface area (Å²) in [6, 6.07) is 0.210. The topological polar surface area (TPSA) is 78.9 Å². The van der Waals surface area contributed by atoms with Gasteiger partial charge in [0.1, 0.15) is 0 Å². The summed E-state index contributed by atoms with van der Waals surface area (Å²) in [6.45, 7) is 1.33. The van der Waals surface area contributed by atoms with Gasteiger partial charge in [-0.05, 0) is 44.4 Å². The molecule has 1 heterocycles. The van der Waals surface area contributed by atoms with Gasteiger partial charge in [0.2, 0.25) is 0 Å². The summed E-state index contributed by atoms with van der Waals surface area (Å²) in [6.07, 6.45) is 13.4. The minimum atomic E-state index is -0.321. The van der Waals surface area contributed by atoms with Gasteiger partial charge >= 0.3 is 12.0 Å². The Morgan fingerprint density at radius 1 is 1.35 bits per heavy atom. The molecule has 0 aromatic heterocycles. The van der Waals surface area contributed by atoms with Crippen LogP contribution in [0.15, 0.2) is 12.2 Å². The van der Waals surface area contributed by atoms with Crippen molar-refractivity contribution in [2.75, 3.05) is 20.2 Å². The van der Waals surface area contributed by atoms with Crippen molar-refractivity contribution in [1.29, 1.82) is 0 Å². The molecule has 2 unspecified atom stereocenters. The predicted octanol–water partition coefficient (Wildman–Crippen LogP) is 3.00. The van der Waals surface area contributed by atoms with Crippen LogP contribution in [0.2, 0.25) is 0 Å². The first-order valence-electron chi connectivity index (χ1n) is 10.1. The van der Waals surface area contributed by atoms with Crippen molar-refractivity contribution in [2.45, 2.75) is 76.4 Å². The van der Waals surface area contributed by atoms with Crippen molar-refractivity contribution in [2.24, 2.45) is 5.92 Å². The Kier molecular flexibility index (Phi) is 8.95. The fourth-order valence-corrected chi connectivity index (χ4v) is 4.04. The Bertz CT molecular complexity index is 474. The number of esters is 1. The van der Waals surface area contributed by atoms with Crippen molar-refractivity contribution in [3.63, 3.8) is 0 Å². The molecule has 2 rings (SSSR count). The van der Waals surface area contributed by atoms with Crippen LogP contribution in [-0.4, -0.2) is 54.4 Å². The second kappa shape index (κ2) is 11.2. The first-order valence-corrected chi connectivity index (χ1v) is 10.1. The maximum atomic E-state index is 12.1. The molecule has 2 N–H and O–H groups in total. The van der Waals surface area contributed by atoms with Gasteiger partial charge in [-0.1, -0.05) is 31.8 Å². The first-order chi connectivity index (χ1) is 12.6. The van der Waals surface area contributed by atoms with E-state index in [1.807, 2.05) is 11.0 Å². The lowest BCUT2D eigenvalue weighted by molar-refractivity contribution is -0.134. The van der Waals surface area contributed by atoms with E-state index in [0.29, 0.717) is 25.4 Å². The molecule has 148 valence electrons. The molecular weight excluding hydrogens is 332 g/mol. The highest BCUT2D eigenvalue weighted by molar-refractivity contribution is 5.81. The zero-order valence-corrected chi connectivity index (χ0v) is 16.0. The molecule has 0 bridgehead atoms. The summed E-state index contributed by atoms with van der Waals surface area (Å²) in [4.78, 5) is 25.0. The van der Waals surface area contributed by atoms with Gasteiger partial charge < -0.3 is 20.1 Å². The number of carbonyl (C=O) groups excluding carboxylic acids is 2. The Morgan fingerprint density at radius 2 is 2.12 bits per heavy atom. The van der Waals surface area contributed by atoms with E-state index in [9.17, 15) is 14.7 Å². The number of hydrogen-bond donors (Lipinski definition) is 2. The van der Waals surface area contributed by atoms with E-state index in [4.69, 9.17) is 0 Å². The van der Waals surface area contributed by atoms with E-state index < -0.39 is 0 Å². The highest BCUT2D eigenvalue weighted by atomic mass is 16.5. The highest BCUT2D eigenvalue weighted by Crippen LogP contribution is 2.28. The Balaban J connectivity index is 1.67. The Labute approximate surface area is 157 Å². The second-order valence-corrected chi connectivity index (χ2v) is 7.50. The summed E-state index contributed by atoms with van der Waals surface area (Å²) in [5, 5.41) is 13.4. The van der Waals surface area contributed by atoms with E-state index in [-0.39, 0.29) is 24.1 Å². The number of nitrogens with zero attached hydrogens (tertiary/aromatic N) is 1. The van der Waals surface area contributed by atoms with Crippen molar-refractivity contribution in [1.82, 2.24) is 10.2 Å². The quantitative estimate of drug-likeness (QED) is 0.354. The Hall–Kier alpha value is -1.56. The van der Waals surface area contributed by atoms with E-state index in [0.717, 1.165) is 38.5 Å². The lowest BCUT2D eigenvalue weighted by Crippen LogP contribution is -2.37. The fraction of sp³-hybridized carbons (Fsp3) is 0.800. The molecule has 2 amide bonds. The summed E-state index contributed by atoms with van der Waals surface area (Å²) >= 11 is 0. The number of methoxy groups -OCH3 is 1. The van der Waals surface area contributed by atoms with Crippen molar-refractivity contribution in [3.05, 3.63) is 12.2 Å². The summed E-state index contributed by atoms with van der Waals surface area (Å²) < 4.78 is 4.56. The number of ether oxygens (including phenoxy) is 1. The van der Waals surface area contributed by atoms with Gasteiger partial charge in [0, 0.05) is 19.2 Å². The van der Waals surface area contributed by atoms with Crippen molar-refractivity contribution >= 4 is 12.0 Å². The molecule has 0 spiro atoms. The van der Waals surface area contributed by atoms with Gasteiger partial charge in [0.05, 0.1) is 19.3 Å². The SMILES string of the molecule is COC(=O)/C=C/CCCCC1CNC(=O)N1CCC(O)C1CCCCC1. The van der Waals surface area contributed by atoms with E-state index in [1.54, 1.807) is 0 Å². The average molecular weight is 367 g/mol. The van der Waals surface area contributed by atoms with Gasteiger partial charge in [0.15, 0.2) is 0 Å². The maximum Gasteiger partial charge on any atom is 0.330 e. The zero-order chi connectivity index (χ0) is 18.8. The smallest absolute Gasteiger partial charge is 0.330 e. The number of urea groups is 1. The minimum Gasteiger partial charge on any atom is -0.466 e. The molecular formula is C20H34N2O4. The van der Waals surface area contributed by atoms with Gasteiger partial charge in [-0.3, -0.25) is 0 Å². The predicted molar refractivity (Wildman–Crippen MR) is 101 cm³/mol. The first kappa shape index (κ1) is 20.7. The van der Waals surface area contributed by atoms with Gasteiger partial charge in [-0.15, -0.1) is 0 Å². The third-order valence-corrected chi connectivity index (χ3v) is 5.66. The third-order valence-electron chi connectivity index (χ3n) is 5.66. The van der Waals surface area contributed by atoms with E-state index in [1.165, 1.54) is 32.4 Å². The largest absolute Gasteiger partial charge is 0.466 e. The number of hydrogen-bond acceptors (Lipinski definition) is 4. The van der Waals surface area contributed by atoms with Crippen LogP contribution in [0.3, 0.4) is 0 Å². The maximum absolute atomic E-state index is 12.1. The number of nitrogens with one attached hydrogen (secondary N) is 1. The van der Waals surface area contributed by atoms with Crippen LogP contribution >= 0.6 is 0 Å². The Morgan fingerprint density at radius 3 is 2.85 bits per heavy atom. The number of rotatable bonds is 10.